The Hall–Kier alpha value is -3.29. The molecule has 4 aromatic rings. The number of aromatic nitrogens is 2. The van der Waals surface area contributed by atoms with E-state index in [1.807, 2.05) is 12.1 Å². The van der Waals surface area contributed by atoms with Gasteiger partial charge < -0.3 is 4.74 Å². The molecular formula is C26H24BrN3O3. The molecule has 0 unspecified atom stereocenters. The van der Waals surface area contributed by atoms with E-state index in [1.54, 1.807) is 49.5 Å². The van der Waals surface area contributed by atoms with Crippen molar-refractivity contribution in [3.05, 3.63) is 105 Å². The number of anilines is 1. The van der Waals surface area contributed by atoms with Gasteiger partial charge in [-0.1, -0.05) is 64.5 Å². The fraction of sp³-hybridized carbons (Fsp3) is 0.192. The minimum absolute atomic E-state index is 0.208. The van der Waals surface area contributed by atoms with Crippen LogP contribution < -0.4 is 10.9 Å². The number of rotatable bonds is 3. The third-order valence-electron chi connectivity index (χ3n) is 5.40. The molecule has 1 amide bonds. The van der Waals surface area contributed by atoms with Gasteiger partial charge in [0.1, 0.15) is 0 Å². The Morgan fingerprint density at radius 3 is 2.42 bits per heavy atom. The van der Waals surface area contributed by atoms with Gasteiger partial charge in [-0.05, 0) is 48.7 Å². The Kier molecular flexibility index (Phi) is 7.32. The molecule has 0 spiro atoms. The fourth-order valence-corrected chi connectivity index (χ4v) is 3.98. The highest BCUT2D eigenvalue weighted by atomic mass is 79.9. The van der Waals surface area contributed by atoms with Crippen LogP contribution in [0.2, 0.25) is 0 Å². The molecule has 1 fully saturated rings. The van der Waals surface area contributed by atoms with Crippen LogP contribution in [0.5, 0.6) is 0 Å². The van der Waals surface area contributed by atoms with Gasteiger partial charge in [0, 0.05) is 23.7 Å². The molecule has 2 heterocycles. The van der Waals surface area contributed by atoms with Crippen molar-refractivity contribution in [1.29, 1.82) is 0 Å². The largest absolute Gasteiger partial charge is 0.374 e. The zero-order valence-corrected chi connectivity index (χ0v) is 19.8. The summed E-state index contributed by atoms with van der Waals surface area (Å²) in [5.41, 5.74) is 2.15. The van der Waals surface area contributed by atoms with Crippen molar-refractivity contribution in [2.24, 2.45) is 7.05 Å². The summed E-state index contributed by atoms with van der Waals surface area (Å²) >= 11 is 3.35. The standard InChI is InChI=1S/C16H12BrN3O2.C10H12O/c1-20-15(22)12-8-7-11(17)9-13(12)18-16(20)19-14(21)10-5-3-2-4-6-10;1-2-5-9(6-3-1)10-7-4-8-11-10/h2-9H,1H3,(H,18,19,21);1-3,5-6,10H,4,7-8H2/t;10-/m.0/s1. The number of halogens is 1. The van der Waals surface area contributed by atoms with E-state index >= 15 is 0 Å². The SMILES string of the molecule is Cn1c(NC(=O)c2ccccc2)nc2cc(Br)ccc2c1=O.c1ccc([C@@H]2CCCO2)cc1. The van der Waals surface area contributed by atoms with Gasteiger partial charge in [0.05, 0.1) is 17.0 Å². The van der Waals surface area contributed by atoms with Crippen molar-refractivity contribution in [1.82, 2.24) is 9.55 Å². The number of nitrogens with zero attached hydrogens (tertiary/aromatic N) is 2. The molecule has 33 heavy (non-hydrogen) atoms. The fourth-order valence-electron chi connectivity index (χ4n) is 3.63. The molecule has 1 aliphatic rings. The summed E-state index contributed by atoms with van der Waals surface area (Å²) in [6, 6.07) is 24.5. The van der Waals surface area contributed by atoms with E-state index in [-0.39, 0.29) is 17.4 Å². The summed E-state index contributed by atoms with van der Waals surface area (Å²) in [6.45, 7) is 0.930. The van der Waals surface area contributed by atoms with Gasteiger partial charge >= 0.3 is 0 Å². The molecule has 1 atom stereocenters. The van der Waals surface area contributed by atoms with E-state index < -0.39 is 0 Å². The Labute approximate surface area is 200 Å². The first kappa shape index (κ1) is 22.9. The lowest BCUT2D eigenvalue weighted by Gasteiger charge is -2.10. The lowest BCUT2D eigenvalue weighted by molar-refractivity contribution is 0.102. The van der Waals surface area contributed by atoms with Gasteiger partial charge in [0.2, 0.25) is 5.95 Å². The summed E-state index contributed by atoms with van der Waals surface area (Å²) in [5, 5.41) is 3.18. The second-order valence-corrected chi connectivity index (χ2v) is 8.61. The Bertz CT molecular complexity index is 1300. The first-order valence-electron chi connectivity index (χ1n) is 10.7. The summed E-state index contributed by atoms with van der Waals surface area (Å²) in [4.78, 5) is 28.9. The van der Waals surface area contributed by atoms with Gasteiger partial charge in [0.15, 0.2) is 0 Å². The molecule has 1 saturated heterocycles. The number of hydrogen-bond donors (Lipinski definition) is 1. The Morgan fingerprint density at radius 2 is 1.76 bits per heavy atom. The van der Waals surface area contributed by atoms with Crippen molar-refractivity contribution in [2.75, 3.05) is 11.9 Å². The monoisotopic (exact) mass is 505 g/mol. The van der Waals surface area contributed by atoms with Crippen molar-refractivity contribution in [2.45, 2.75) is 18.9 Å². The second-order valence-electron chi connectivity index (χ2n) is 7.69. The molecule has 6 nitrogen and oxygen atoms in total. The number of carbonyl (C=O) groups is 1. The van der Waals surface area contributed by atoms with Gasteiger partial charge in [-0.2, -0.15) is 0 Å². The summed E-state index contributed by atoms with van der Waals surface area (Å²) in [7, 11) is 1.58. The topological polar surface area (TPSA) is 73.2 Å². The molecule has 3 aromatic carbocycles. The maximum absolute atomic E-state index is 12.3. The maximum atomic E-state index is 12.3. The minimum Gasteiger partial charge on any atom is -0.374 e. The Balaban J connectivity index is 0.000000196. The molecule has 5 rings (SSSR count). The van der Waals surface area contributed by atoms with Crippen LogP contribution in [-0.2, 0) is 11.8 Å². The van der Waals surface area contributed by atoms with Crippen molar-refractivity contribution < 1.29 is 9.53 Å². The molecular weight excluding hydrogens is 482 g/mol. The third-order valence-corrected chi connectivity index (χ3v) is 5.89. The van der Waals surface area contributed by atoms with Gasteiger partial charge in [-0.25, -0.2) is 4.98 Å². The highest BCUT2D eigenvalue weighted by Crippen LogP contribution is 2.27. The molecule has 0 saturated carbocycles. The van der Waals surface area contributed by atoms with E-state index in [4.69, 9.17) is 4.74 Å². The van der Waals surface area contributed by atoms with Gasteiger partial charge in [0.25, 0.3) is 11.5 Å². The number of amides is 1. The van der Waals surface area contributed by atoms with Crippen LogP contribution in [0.25, 0.3) is 10.9 Å². The minimum atomic E-state index is -0.308. The Morgan fingerprint density at radius 1 is 1.06 bits per heavy atom. The average Bonchev–Trinajstić information content (AvgIpc) is 3.39. The quantitative estimate of drug-likeness (QED) is 0.399. The number of carbonyl (C=O) groups excluding carboxylic acids is 1. The predicted octanol–water partition coefficient (Wildman–Crippen LogP) is 5.49. The summed E-state index contributed by atoms with van der Waals surface area (Å²) in [5.74, 6) is -0.0955. The first-order valence-corrected chi connectivity index (χ1v) is 11.5. The van der Waals surface area contributed by atoms with Crippen LogP contribution in [0.4, 0.5) is 5.95 Å². The van der Waals surface area contributed by atoms with Crippen LogP contribution in [-0.4, -0.2) is 22.1 Å². The molecule has 1 N–H and O–H groups in total. The second kappa shape index (κ2) is 10.6. The zero-order chi connectivity index (χ0) is 23.2. The molecule has 7 heteroatoms. The first-order chi connectivity index (χ1) is 16.0. The van der Waals surface area contributed by atoms with E-state index in [9.17, 15) is 9.59 Å². The molecule has 0 aliphatic carbocycles. The third kappa shape index (κ3) is 5.56. The van der Waals surface area contributed by atoms with E-state index in [2.05, 4.69) is 50.5 Å². The molecule has 0 radical (unpaired) electrons. The van der Waals surface area contributed by atoms with Crippen molar-refractivity contribution >= 4 is 38.7 Å². The molecule has 1 aliphatic heterocycles. The highest BCUT2D eigenvalue weighted by molar-refractivity contribution is 9.10. The molecule has 168 valence electrons. The summed E-state index contributed by atoms with van der Waals surface area (Å²) in [6.07, 6.45) is 2.76. The van der Waals surface area contributed by atoms with E-state index in [0.717, 1.165) is 11.1 Å². The number of hydrogen-bond acceptors (Lipinski definition) is 4. The lowest BCUT2D eigenvalue weighted by Crippen LogP contribution is -2.25. The highest BCUT2D eigenvalue weighted by Gasteiger charge is 2.16. The van der Waals surface area contributed by atoms with Crippen molar-refractivity contribution in [3.8, 4) is 0 Å². The molecule has 0 bridgehead atoms. The number of fused-ring (bicyclic) bond motifs is 1. The maximum Gasteiger partial charge on any atom is 0.262 e. The van der Waals surface area contributed by atoms with Crippen LogP contribution >= 0.6 is 15.9 Å². The summed E-state index contributed by atoms with van der Waals surface area (Å²) < 4.78 is 7.69. The normalized spacial score (nSPS) is 15.0. The van der Waals surface area contributed by atoms with Gasteiger partial charge in [-0.15, -0.1) is 0 Å². The van der Waals surface area contributed by atoms with Crippen LogP contribution in [0, 0.1) is 0 Å². The number of benzene rings is 3. The molecule has 1 aromatic heterocycles. The lowest BCUT2D eigenvalue weighted by atomic mass is 10.1. The van der Waals surface area contributed by atoms with Crippen molar-refractivity contribution in [3.63, 3.8) is 0 Å². The van der Waals surface area contributed by atoms with Crippen LogP contribution in [0.15, 0.2) is 88.1 Å². The van der Waals surface area contributed by atoms with Gasteiger partial charge in [-0.3, -0.25) is 19.5 Å². The smallest absolute Gasteiger partial charge is 0.262 e. The van der Waals surface area contributed by atoms with E-state index in [0.29, 0.717) is 22.6 Å². The number of ether oxygens (including phenoxy) is 1. The average molecular weight is 506 g/mol. The van der Waals surface area contributed by atoms with E-state index in [1.165, 1.54) is 23.0 Å². The predicted molar refractivity (Wildman–Crippen MR) is 133 cm³/mol. The zero-order valence-electron chi connectivity index (χ0n) is 18.2. The van der Waals surface area contributed by atoms with Crippen LogP contribution in [0.1, 0.15) is 34.9 Å². The number of nitrogens with one attached hydrogen (secondary N) is 1. The van der Waals surface area contributed by atoms with Crippen LogP contribution in [0.3, 0.4) is 0 Å².